The lowest BCUT2D eigenvalue weighted by atomic mass is 9.81. The molecule has 0 bridgehead atoms. The zero-order valence-electron chi connectivity index (χ0n) is 34.1. The Kier molecular flexibility index (Phi) is 12.5. The van der Waals surface area contributed by atoms with E-state index in [4.69, 9.17) is 9.84 Å². The third-order valence-corrected chi connectivity index (χ3v) is 13.2. The quantitative estimate of drug-likeness (QED) is 0.102. The number of aliphatic hydroxyl groups is 1. The minimum Gasteiger partial charge on any atom is -0.497 e. The molecule has 2 aromatic heterocycles. The molecule has 0 unspecified atom stereocenters. The first-order valence-electron chi connectivity index (χ1n) is 20.3. The van der Waals surface area contributed by atoms with Gasteiger partial charge in [0.2, 0.25) is 10.0 Å². The number of methoxy groups -OCH3 is 1. The molecule has 56 heavy (non-hydrogen) atoms. The smallest absolute Gasteiger partial charge is 0.264 e. The van der Waals surface area contributed by atoms with Gasteiger partial charge in [-0.1, -0.05) is 51.5 Å². The lowest BCUT2D eigenvalue weighted by Crippen LogP contribution is -2.35. The molecule has 2 aliphatic rings. The van der Waals surface area contributed by atoms with Crippen LogP contribution in [0.15, 0.2) is 42.6 Å². The fourth-order valence-corrected chi connectivity index (χ4v) is 8.91. The molecule has 1 saturated carbocycles. The molecule has 11 nitrogen and oxygen atoms in total. The molecule has 0 spiro atoms. The molecule has 2 aromatic carbocycles. The van der Waals surface area contributed by atoms with Gasteiger partial charge in [0.15, 0.2) is 0 Å². The lowest BCUT2D eigenvalue weighted by Gasteiger charge is -2.24. The monoisotopic (exact) mass is 785 g/mol. The number of nitrogens with zero attached hydrogens (tertiary/aromatic N) is 3. The second-order valence-corrected chi connectivity index (χ2v) is 18.7. The summed E-state index contributed by atoms with van der Waals surface area (Å²) in [6, 6.07) is 11.5. The molecule has 1 aliphatic carbocycles. The first kappa shape index (κ1) is 41.2. The summed E-state index contributed by atoms with van der Waals surface area (Å²) in [4.78, 5) is 27.6. The van der Waals surface area contributed by atoms with E-state index in [1.54, 1.807) is 19.4 Å². The predicted octanol–water partition coefficient (Wildman–Crippen LogP) is 8.62. The molecule has 6 rings (SSSR count). The van der Waals surface area contributed by atoms with Crippen LogP contribution in [0.5, 0.6) is 5.75 Å². The Balaban J connectivity index is 1.50. The molecule has 4 aromatic rings. The Labute approximate surface area is 331 Å². The van der Waals surface area contributed by atoms with Crippen molar-refractivity contribution < 1.29 is 27.9 Å². The SMILES string of the molecule is CCCCC[C@](C)(O)CCNC(=O)c1cnn(C(C)C)c1C1=Cc2cc(OC)ccc2-c2c(C3CCCCC3)c3ccc(C(=O)NS(=O)(=O)C(C)C)cc3n2C1. The molecule has 2 amide bonds. The number of fused-ring (bicyclic) bond motifs is 5. The van der Waals surface area contributed by atoms with Crippen molar-refractivity contribution in [1.29, 1.82) is 0 Å². The molecular weight excluding hydrogens is 727 g/mol. The van der Waals surface area contributed by atoms with Gasteiger partial charge in [0.05, 0.1) is 47.7 Å². The number of amides is 2. The van der Waals surface area contributed by atoms with Crippen molar-refractivity contribution in [2.24, 2.45) is 0 Å². The van der Waals surface area contributed by atoms with Gasteiger partial charge in [0.25, 0.3) is 11.8 Å². The zero-order valence-corrected chi connectivity index (χ0v) is 34.9. The molecule has 0 saturated heterocycles. The Morgan fingerprint density at radius 1 is 1.00 bits per heavy atom. The number of allylic oxidation sites excluding steroid dienone is 1. The highest BCUT2D eigenvalue weighted by Gasteiger charge is 2.32. The van der Waals surface area contributed by atoms with Gasteiger partial charge in [-0.15, -0.1) is 0 Å². The van der Waals surface area contributed by atoms with Gasteiger partial charge in [-0.05, 0) is 119 Å². The van der Waals surface area contributed by atoms with Crippen LogP contribution >= 0.6 is 0 Å². The van der Waals surface area contributed by atoms with E-state index in [9.17, 15) is 23.1 Å². The van der Waals surface area contributed by atoms with Gasteiger partial charge in [-0.2, -0.15) is 5.10 Å². The average Bonchev–Trinajstić information content (AvgIpc) is 3.70. The molecule has 1 fully saturated rings. The van der Waals surface area contributed by atoms with Crippen LogP contribution in [0.1, 0.15) is 155 Å². The molecule has 0 radical (unpaired) electrons. The number of sulfonamides is 1. The molecule has 3 heterocycles. The highest BCUT2D eigenvalue weighted by molar-refractivity contribution is 7.90. The van der Waals surface area contributed by atoms with Gasteiger partial charge in [0.1, 0.15) is 5.75 Å². The van der Waals surface area contributed by atoms with Crippen LogP contribution in [0.2, 0.25) is 0 Å². The van der Waals surface area contributed by atoms with E-state index in [0.717, 1.165) is 78.2 Å². The van der Waals surface area contributed by atoms with Crippen LogP contribution in [0.25, 0.3) is 33.8 Å². The molecule has 302 valence electrons. The van der Waals surface area contributed by atoms with Gasteiger partial charge >= 0.3 is 0 Å². The summed E-state index contributed by atoms with van der Waals surface area (Å²) in [5.41, 5.74) is 6.39. The number of rotatable bonds is 15. The molecule has 1 aliphatic heterocycles. The number of benzene rings is 2. The van der Waals surface area contributed by atoms with Crippen LogP contribution in [0, 0.1) is 0 Å². The standard InChI is InChI=1S/C44H59N5O6S/c1-8-9-13-20-44(6,52)21-22-45-43(51)37-26-46-49(28(2)3)40(37)33-23-32-24-34(55-7)17-19-35(32)41-39(30-14-11-10-12-15-30)36-18-16-31(25-38(36)48(41)27-33)42(50)47-56(53,54)29(4)5/h16-19,23-26,28-30,52H,8-15,20-22,27H2,1-7H3,(H,45,51)(H,47,50)/t44-/m0/s1. The minimum atomic E-state index is -3.85. The summed E-state index contributed by atoms with van der Waals surface area (Å²) >= 11 is 0. The Bertz CT molecular complexity index is 2220. The fourth-order valence-electron chi connectivity index (χ4n) is 8.29. The number of nitrogens with one attached hydrogen (secondary N) is 2. The number of carbonyl (C=O) groups is 2. The normalized spacial score (nSPS) is 15.9. The van der Waals surface area contributed by atoms with Gasteiger partial charge in [-0.25, -0.2) is 13.1 Å². The van der Waals surface area contributed by atoms with Crippen molar-refractivity contribution in [3.8, 4) is 17.0 Å². The summed E-state index contributed by atoms with van der Waals surface area (Å²) in [6.07, 6.45) is 13.5. The van der Waals surface area contributed by atoms with Gasteiger partial charge < -0.3 is 19.7 Å². The first-order chi connectivity index (χ1) is 26.7. The van der Waals surface area contributed by atoms with Crippen molar-refractivity contribution in [2.45, 2.75) is 135 Å². The number of unbranched alkanes of at least 4 members (excludes halogenated alkanes) is 2. The minimum absolute atomic E-state index is 0.0725. The van der Waals surface area contributed by atoms with Crippen LogP contribution < -0.4 is 14.8 Å². The maximum absolute atomic E-state index is 14.1. The lowest BCUT2D eigenvalue weighted by molar-refractivity contribution is 0.0395. The molecule has 1 atom stereocenters. The fraction of sp³-hybridized carbons (Fsp3) is 0.523. The third-order valence-electron chi connectivity index (χ3n) is 11.5. The molecular formula is C44H59N5O6S. The van der Waals surface area contributed by atoms with E-state index in [1.807, 2.05) is 49.7 Å². The van der Waals surface area contributed by atoms with E-state index in [-0.39, 0.29) is 17.5 Å². The second kappa shape index (κ2) is 17.0. The van der Waals surface area contributed by atoms with Crippen molar-refractivity contribution in [2.75, 3.05) is 13.7 Å². The van der Waals surface area contributed by atoms with Crippen molar-refractivity contribution >= 4 is 44.4 Å². The van der Waals surface area contributed by atoms with Crippen LogP contribution in [-0.4, -0.2) is 64.2 Å². The van der Waals surface area contributed by atoms with Crippen LogP contribution in [0.4, 0.5) is 0 Å². The summed E-state index contributed by atoms with van der Waals surface area (Å²) in [5, 5.41) is 19.1. The highest BCUT2D eigenvalue weighted by Crippen LogP contribution is 2.48. The van der Waals surface area contributed by atoms with Crippen molar-refractivity contribution in [3.05, 3.63) is 70.5 Å². The molecule has 3 N–H and O–H groups in total. The number of aromatic nitrogens is 3. The van der Waals surface area contributed by atoms with E-state index < -0.39 is 26.8 Å². The van der Waals surface area contributed by atoms with E-state index in [0.29, 0.717) is 48.9 Å². The Morgan fingerprint density at radius 3 is 2.43 bits per heavy atom. The van der Waals surface area contributed by atoms with Crippen molar-refractivity contribution in [3.63, 3.8) is 0 Å². The van der Waals surface area contributed by atoms with Crippen LogP contribution in [-0.2, 0) is 16.6 Å². The number of hydrogen-bond acceptors (Lipinski definition) is 7. The number of hydrogen-bond donors (Lipinski definition) is 3. The maximum atomic E-state index is 14.1. The van der Waals surface area contributed by atoms with E-state index in [2.05, 4.69) is 33.7 Å². The van der Waals surface area contributed by atoms with E-state index >= 15 is 0 Å². The largest absolute Gasteiger partial charge is 0.497 e. The Hall–Kier alpha value is -4.42. The van der Waals surface area contributed by atoms with Crippen molar-refractivity contribution in [1.82, 2.24) is 24.4 Å². The Morgan fingerprint density at radius 2 is 1.75 bits per heavy atom. The summed E-state index contributed by atoms with van der Waals surface area (Å²) in [6.45, 7) is 11.8. The number of ether oxygens (including phenoxy) is 1. The average molecular weight is 786 g/mol. The van der Waals surface area contributed by atoms with Gasteiger partial charge in [0, 0.05) is 34.6 Å². The maximum Gasteiger partial charge on any atom is 0.264 e. The molecule has 12 heteroatoms. The van der Waals surface area contributed by atoms with Gasteiger partial charge in [-0.3, -0.25) is 14.3 Å². The summed E-state index contributed by atoms with van der Waals surface area (Å²) < 4.78 is 37.7. The summed E-state index contributed by atoms with van der Waals surface area (Å²) in [7, 11) is -2.20. The van der Waals surface area contributed by atoms with Crippen LogP contribution in [0.3, 0.4) is 0 Å². The topological polar surface area (TPSA) is 145 Å². The predicted molar refractivity (Wildman–Crippen MR) is 223 cm³/mol. The first-order valence-corrected chi connectivity index (χ1v) is 21.9. The highest BCUT2D eigenvalue weighted by atomic mass is 32.2. The summed E-state index contributed by atoms with van der Waals surface area (Å²) in [5.74, 6) is 0.0561. The number of carbonyl (C=O) groups excluding carboxylic acids is 2. The zero-order chi connectivity index (χ0) is 40.4. The third kappa shape index (κ3) is 8.61. The van der Waals surface area contributed by atoms with E-state index in [1.165, 1.54) is 25.8 Å². The second-order valence-electron chi connectivity index (χ2n) is 16.5.